The van der Waals surface area contributed by atoms with Crippen molar-refractivity contribution < 1.29 is 4.79 Å². The van der Waals surface area contributed by atoms with Crippen LogP contribution in [0.2, 0.25) is 0 Å². The number of nitrogens with zero attached hydrogens (tertiary/aromatic N) is 3. The maximum atomic E-state index is 12.2. The standard InChI is InChI=1S/C12H11Br2N3O/c1-2-17-12(15-7-16-17)6-11(18)8-3-9(13)5-10(14)4-8/h3-5,7H,2,6H2,1H3. The lowest BCUT2D eigenvalue weighted by Gasteiger charge is -2.04. The number of carbonyl (C=O) groups excluding carboxylic acids is 1. The van der Waals surface area contributed by atoms with Crippen molar-refractivity contribution in [3.05, 3.63) is 44.9 Å². The highest BCUT2D eigenvalue weighted by Crippen LogP contribution is 2.21. The summed E-state index contributed by atoms with van der Waals surface area (Å²) in [6, 6.07) is 5.50. The van der Waals surface area contributed by atoms with Gasteiger partial charge in [0.1, 0.15) is 12.2 Å². The van der Waals surface area contributed by atoms with E-state index in [0.717, 1.165) is 8.95 Å². The summed E-state index contributed by atoms with van der Waals surface area (Å²) >= 11 is 6.74. The number of aryl methyl sites for hydroxylation is 1. The lowest BCUT2D eigenvalue weighted by molar-refractivity contribution is 0.0989. The summed E-state index contributed by atoms with van der Waals surface area (Å²) in [6.07, 6.45) is 1.74. The van der Waals surface area contributed by atoms with Gasteiger partial charge in [-0.2, -0.15) is 5.10 Å². The van der Waals surface area contributed by atoms with Crippen LogP contribution in [0.25, 0.3) is 0 Å². The molecule has 0 saturated heterocycles. The zero-order chi connectivity index (χ0) is 13.1. The molecular formula is C12H11Br2N3O. The summed E-state index contributed by atoms with van der Waals surface area (Å²) in [7, 11) is 0. The van der Waals surface area contributed by atoms with E-state index in [9.17, 15) is 4.79 Å². The number of hydrogen-bond donors (Lipinski definition) is 0. The second-order valence-electron chi connectivity index (χ2n) is 3.75. The number of Topliss-reactive ketones (excluding diaryl/α,β-unsaturated/α-hetero) is 1. The highest BCUT2D eigenvalue weighted by Gasteiger charge is 2.12. The van der Waals surface area contributed by atoms with Crippen molar-refractivity contribution >= 4 is 37.6 Å². The van der Waals surface area contributed by atoms with Gasteiger partial charge in [-0.15, -0.1) is 0 Å². The Hall–Kier alpha value is -1.01. The summed E-state index contributed by atoms with van der Waals surface area (Å²) in [5.41, 5.74) is 0.655. The van der Waals surface area contributed by atoms with Gasteiger partial charge in [0.15, 0.2) is 5.78 Å². The number of halogens is 2. The number of ketones is 1. The number of hydrogen-bond acceptors (Lipinski definition) is 3. The van der Waals surface area contributed by atoms with E-state index in [1.807, 2.05) is 13.0 Å². The van der Waals surface area contributed by atoms with Crippen molar-refractivity contribution in [3.63, 3.8) is 0 Å². The number of carbonyl (C=O) groups is 1. The van der Waals surface area contributed by atoms with Gasteiger partial charge in [0.2, 0.25) is 0 Å². The number of aromatic nitrogens is 3. The molecule has 94 valence electrons. The lowest BCUT2D eigenvalue weighted by Crippen LogP contribution is -2.10. The predicted octanol–water partition coefficient (Wildman–Crippen LogP) is 3.25. The van der Waals surface area contributed by atoms with Crippen molar-refractivity contribution in [2.24, 2.45) is 0 Å². The highest BCUT2D eigenvalue weighted by molar-refractivity contribution is 9.11. The molecular weight excluding hydrogens is 362 g/mol. The molecule has 0 bridgehead atoms. The third-order valence-corrected chi connectivity index (χ3v) is 3.41. The first-order valence-electron chi connectivity index (χ1n) is 5.46. The maximum Gasteiger partial charge on any atom is 0.170 e. The largest absolute Gasteiger partial charge is 0.294 e. The van der Waals surface area contributed by atoms with Crippen LogP contribution >= 0.6 is 31.9 Å². The van der Waals surface area contributed by atoms with Gasteiger partial charge < -0.3 is 0 Å². The van der Waals surface area contributed by atoms with Crippen LogP contribution < -0.4 is 0 Å². The van der Waals surface area contributed by atoms with Crippen LogP contribution in [0.15, 0.2) is 33.5 Å². The van der Waals surface area contributed by atoms with Crippen molar-refractivity contribution in [1.82, 2.24) is 14.8 Å². The van der Waals surface area contributed by atoms with E-state index in [4.69, 9.17) is 0 Å². The molecule has 0 amide bonds. The van der Waals surface area contributed by atoms with Gasteiger partial charge in [-0.3, -0.25) is 4.79 Å². The van der Waals surface area contributed by atoms with E-state index in [1.165, 1.54) is 6.33 Å². The van der Waals surface area contributed by atoms with Gasteiger partial charge in [-0.1, -0.05) is 31.9 Å². The molecule has 1 heterocycles. The Labute approximate surface area is 122 Å². The van der Waals surface area contributed by atoms with Gasteiger partial charge in [0.25, 0.3) is 0 Å². The van der Waals surface area contributed by atoms with Gasteiger partial charge in [0.05, 0.1) is 6.42 Å². The first kappa shape index (κ1) is 13.4. The monoisotopic (exact) mass is 371 g/mol. The van der Waals surface area contributed by atoms with Gasteiger partial charge in [-0.25, -0.2) is 9.67 Å². The Bertz CT molecular complexity index is 560. The van der Waals surface area contributed by atoms with Crippen LogP contribution in [0, 0.1) is 0 Å². The third kappa shape index (κ3) is 3.05. The highest BCUT2D eigenvalue weighted by atomic mass is 79.9. The molecule has 2 rings (SSSR count). The average Bonchev–Trinajstić information content (AvgIpc) is 2.75. The van der Waals surface area contributed by atoms with Crippen molar-refractivity contribution in [2.45, 2.75) is 19.9 Å². The fraction of sp³-hybridized carbons (Fsp3) is 0.250. The molecule has 0 aliphatic heterocycles. The Balaban J connectivity index is 2.22. The Morgan fingerprint density at radius 1 is 1.28 bits per heavy atom. The molecule has 0 saturated carbocycles. The maximum absolute atomic E-state index is 12.2. The summed E-state index contributed by atoms with van der Waals surface area (Å²) in [6.45, 7) is 2.68. The van der Waals surface area contributed by atoms with Crippen molar-refractivity contribution in [3.8, 4) is 0 Å². The van der Waals surface area contributed by atoms with Crippen LogP contribution in [0.3, 0.4) is 0 Å². The summed E-state index contributed by atoms with van der Waals surface area (Å²) in [4.78, 5) is 16.3. The van der Waals surface area contributed by atoms with E-state index in [1.54, 1.807) is 16.8 Å². The molecule has 0 unspecified atom stereocenters. The van der Waals surface area contributed by atoms with Crippen LogP contribution in [0.5, 0.6) is 0 Å². The first-order valence-corrected chi connectivity index (χ1v) is 7.04. The predicted molar refractivity (Wildman–Crippen MR) is 75.6 cm³/mol. The minimum absolute atomic E-state index is 0.0275. The fourth-order valence-corrected chi connectivity index (χ4v) is 2.94. The van der Waals surface area contributed by atoms with Crippen LogP contribution in [0.4, 0.5) is 0 Å². The third-order valence-electron chi connectivity index (χ3n) is 2.50. The van der Waals surface area contributed by atoms with Crippen molar-refractivity contribution in [1.29, 1.82) is 0 Å². The minimum Gasteiger partial charge on any atom is -0.294 e. The molecule has 0 radical (unpaired) electrons. The SMILES string of the molecule is CCn1ncnc1CC(=O)c1cc(Br)cc(Br)c1. The summed E-state index contributed by atoms with van der Waals surface area (Å²) in [5, 5.41) is 4.05. The molecule has 1 aromatic heterocycles. The molecule has 18 heavy (non-hydrogen) atoms. The molecule has 1 aromatic carbocycles. The average molecular weight is 373 g/mol. The van der Waals surface area contributed by atoms with E-state index >= 15 is 0 Å². The van der Waals surface area contributed by atoms with Gasteiger partial charge in [-0.05, 0) is 25.1 Å². The molecule has 0 N–H and O–H groups in total. The molecule has 6 heteroatoms. The quantitative estimate of drug-likeness (QED) is 0.774. The lowest BCUT2D eigenvalue weighted by atomic mass is 10.1. The summed E-state index contributed by atoms with van der Waals surface area (Å²) in [5.74, 6) is 0.721. The molecule has 0 aliphatic carbocycles. The molecule has 0 fully saturated rings. The Morgan fingerprint density at radius 3 is 2.56 bits per heavy atom. The number of rotatable bonds is 4. The second kappa shape index (κ2) is 5.75. The number of benzene rings is 1. The van der Waals surface area contributed by atoms with Gasteiger partial charge >= 0.3 is 0 Å². The Kier molecular flexibility index (Phi) is 4.29. The topological polar surface area (TPSA) is 47.8 Å². The van der Waals surface area contributed by atoms with E-state index in [2.05, 4.69) is 41.9 Å². The second-order valence-corrected chi connectivity index (χ2v) is 5.58. The molecule has 2 aromatic rings. The molecule has 0 aliphatic rings. The normalized spacial score (nSPS) is 10.6. The van der Waals surface area contributed by atoms with E-state index < -0.39 is 0 Å². The zero-order valence-corrected chi connectivity index (χ0v) is 12.9. The fourth-order valence-electron chi connectivity index (χ4n) is 1.65. The van der Waals surface area contributed by atoms with E-state index in [0.29, 0.717) is 17.9 Å². The van der Waals surface area contributed by atoms with Gasteiger partial charge in [0, 0.05) is 21.1 Å². The zero-order valence-electron chi connectivity index (χ0n) is 9.73. The first-order chi connectivity index (χ1) is 8.60. The van der Waals surface area contributed by atoms with Crippen LogP contribution in [0.1, 0.15) is 23.1 Å². The van der Waals surface area contributed by atoms with Crippen molar-refractivity contribution in [2.75, 3.05) is 0 Å². The van der Waals surface area contributed by atoms with Crippen LogP contribution in [-0.4, -0.2) is 20.5 Å². The molecule has 4 nitrogen and oxygen atoms in total. The van der Waals surface area contributed by atoms with E-state index in [-0.39, 0.29) is 12.2 Å². The summed E-state index contributed by atoms with van der Waals surface area (Å²) < 4.78 is 3.47. The minimum atomic E-state index is 0.0275. The molecule has 0 atom stereocenters. The Morgan fingerprint density at radius 2 is 1.94 bits per heavy atom. The smallest absolute Gasteiger partial charge is 0.170 e. The molecule has 0 spiro atoms. The van der Waals surface area contributed by atoms with Crippen LogP contribution in [-0.2, 0) is 13.0 Å².